The van der Waals surface area contributed by atoms with E-state index in [1.807, 2.05) is 36.0 Å². The Hall–Kier alpha value is -1.42. The van der Waals surface area contributed by atoms with Gasteiger partial charge in [-0.05, 0) is 43.0 Å². The molecule has 1 heterocycles. The van der Waals surface area contributed by atoms with Crippen LogP contribution in [0.15, 0.2) is 30.3 Å². The second kappa shape index (κ2) is 5.96. The highest BCUT2D eigenvalue weighted by molar-refractivity contribution is 7.98. The maximum absolute atomic E-state index is 5.76. The number of nitrogen functional groups attached to an aromatic ring is 1. The van der Waals surface area contributed by atoms with Crippen LogP contribution in [0.3, 0.4) is 0 Å². The number of nitrogens with zero attached hydrogens (tertiary/aromatic N) is 1. The number of anilines is 2. The lowest BCUT2D eigenvalue weighted by Crippen LogP contribution is -2.21. The van der Waals surface area contributed by atoms with Gasteiger partial charge in [-0.15, -0.1) is 0 Å². The summed E-state index contributed by atoms with van der Waals surface area (Å²) >= 11 is 1.85. The predicted molar refractivity (Wildman–Crippen MR) is 82.2 cm³/mol. The van der Waals surface area contributed by atoms with E-state index in [0.717, 1.165) is 34.6 Å². The van der Waals surface area contributed by atoms with Crippen molar-refractivity contribution >= 4 is 34.2 Å². The lowest BCUT2D eigenvalue weighted by Gasteiger charge is -2.16. The molecule has 1 unspecified atom stereocenters. The minimum absolute atomic E-state index is 0.471. The largest absolute Gasteiger partial charge is 0.399 e. The fourth-order valence-corrected chi connectivity index (χ4v) is 2.62. The summed E-state index contributed by atoms with van der Waals surface area (Å²) in [5.74, 6) is 2.03. The van der Waals surface area contributed by atoms with E-state index in [2.05, 4.69) is 29.5 Å². The van der Waals surface area contributed by atoms with Crippen LogP contribution in [0.25, 0.3) is 10.9 Å². The van der Waals surface area contributed by atoms with Gasteiger partial charge in [0.25, 0.3) is 0 Å². The van der Waals surface area contributed by atoms with Crippen LogP contribution in [-0.2, 0) is 0 Å². The SMILES string of the molecule is CCC(CSC)Nc1ccc2cc(N)ccc2n1. The molecular formula is C14H19N3S. The lowest BCUT2D eigenvalue weighted by atomic mass is 10.2. The summed E-state index contributed by atoms with van der Waals surface area (Å²) in [5.41, 5.74) is 7.51. The summed E-state index contributed by atoms with van der Waals surface area (Å²) in [4.78, 5) is 4.61. The highest BCUT2D eigenvalue weighted by Crippen LogP contribution is 2.19. The van der Waals surface area contributed by atoms with E-state index in [1.165, 1.54) is 0 Å². The van der Waals surface area contributed by atoms with Crippen molar-refractivity contribution in [2.75, 3.05) is 23.1 Å². The molecule has 0 saturated heterocycles. The smallest absolute Gasteiger partial charge is 0.126 e. The van der Waals surface area contributed by atoms with Gasteiger partial charge in [-0.2, -0.15) is 11.8 Å². The molecule has 96 valence electrons. The molecule has 0 radical (unpaired) electrons. The van der Waals surface area contributed by atoms with Crippen LogP contribution in [0.4, 0.5) is 11.5 Å². The molecule has 0 saturated carbocycles. The van der Waals surface area contributed by atoms with Gasteiger partial charge in [0.05, 0.1) is 5.52 Å². The first kappa shape index (κ1) is 13.0. The van der Waals surface area contributed by atoms with Crippen molar-refractivity contribution in [1.29, 1.82) is 0 Å². The highest BCUT2D eigenvalue weighted by atomic mass is 32.2. The molecular weight excluding hydrogens is 242 g/mol. The number of hydrogen-bond donors (Lipinski definition) is 2. The average Bonchev–Trinajstić information content (AvgIpc) is 2.38. The van der Waals surface area contributed by atoms with Crippen molar-refractivity contribution in [1.82, 2.24) is 4.98 Å². The summed E-state index contributed by atoms with van der Waals surface area (Å²) < 4.78 is 0. The van der Waals surface area contributed by atoms with Gasteiger partial charge in [-0.3, -0.25) is 0 Å². The van der Waals surface area contributed by atoms with E-state index >= 15 is 0 Å². The summed E-state index contributed by atoms with van der Waals surface area (Å²) in [6, 6.07) is 10.4. The Balaban J connectivity index is 2.21. The minimum atomic E-state index is 0.471. The standard InChI is InChI=1S/C14H19N3S/c1-3-12(9-18-2)16-14-7-4-10-8-11(15)5-6-13(10)17-14/h4-8,12H,3,9,15H2,1-2H3,(H,16,17). The number of rotatable bonds is 5. The monoisotopic (exact) mass is 261 g/mol. The third-order valence-corrected chi connectivity index (χ3v) is 3.66. The fraction of sp³-hybridized carbons (Fsp3) is 0.357. The van der Waals surface area contributed by atoms with E-state index < -0.39 is 0 Å². The van der Waals surface area contributed by atoms with Gasteiger partial charge in [0, 0.05) is 22.9 Å². The number of thioether (sulfide) groups is 1. The molecule has 0 amide bonds. The summed E-state index contributed by atoms with van der Waals surface area (Å²) in [5, 5.41) is 4.56. The second-order valence-electron chi connectivity index (χ2n) is 4.35. The van der Waals surface area contributed by atoms with Crippen molar-refractivity contribution in [3.8, 4) is 0 Å². The summed E-state index contributed by atoms with van der Waals surface area (Å²) in [6.45, 7) is 2.19. The summed E-state index contributed by atoms with van der Waals surface area (Å²) in [7, 11) is 0. The van der Waals surface area contributed by atoms with Gasteiger partial charge in [0.1, 0.15) is 5.82 Å². The quantitative estimate of drug-likeness (QED) is 0.810. The molecule has 0 aliphatic heterocycles. The van der Waals surface area contributed by atoms with Crippen LogP contribution >= 0.6 is 11.8 Å². The zero-order valence-electron chi connectivity index (χ0n) is 10.8. The van der Waals surface area contributed by atoms with Crippen molar-refractivity contribution in [2.45, 2.75) is 19.4 Å². The number of benzene rings is 1. The van der Waals surface area contributed by atoms with Crippen molar-refractivity contribution < 1.29 is 0 Å². The molecule has 2 aromatic rings. The molecule has 3 N–H and O–H groups in total. The molecule has 1 aromatic carbocycles. The molecule has 0 bridgehead atoms. The van der Waals surface area contributed by atoms with Crippen molar-refractivity contribution in [2.24, 2.45) is 0 Å². The third kappa shape index (κ3) is 3.07. The zero-order chi connectivity index (χ0) is 13.0. The number of nitrogens with one attached hydrogen (secondary N) is 1. The minimum Gasteiger partial charge on any atom is -0.399 e. The third-order valence-electron chi connectivity index (χ3n) is 2.93. The van der Waals surface area contributed by atoms with E-state index in [-0.39, 0.29) is 0 Å². The maximum atomic E-state index is 5.76. The van der Waals surface area contributed by atoms with E-state index in [9.17, 15) is 0 Å². The Labute approximate surface area is 112 Å². The predicted octanol–water partition coefficient (Wildman–Crippen LogP) is 3.37. The molecule has 1 atom stereocenters. The van der Waals surface area contributed by atoms with E-state index in [4.69, 9.17) is 5.73 Å². The van der Waals surface area contributed by atoms with E-state index in [1.54, 1.807) is 0 Å². The van der Waals surface area contributed by atoms with Crippen LogP contribution < -0.4 is 11.1 Å². The topological polar surface area (TPSA) is 50.9 Å². The molecule has 4 heteroatoms. The van der Waals surface area contributed by atoms with Crippen LogP contribution in [0, 0.1) is 0 Å². The van der Waals surface area contributed by atoms with E-state index in [0.29, 0.717) is 6.04 Å². The molecule has 2 rings (SSSR count). The Morgan fingerprint density at radius 3 is 2.89 bits per heavy atom. The number of aromatic nitrogens is 1. The highest BCUT2D eigenvalue weighted by Gasteiger charge is 2.06. The van der Waals surface area contributed by atoms with Gasteiger partial charge in [0.15, 0.2) is 0 Å². The fourth-order valence-electron chi connectivity index (χ4n) is 1.90. The maximum Gasteiger partial charge on any atom is 0.126 e. The van der Waals surface area contributed by atoms with Gasteiger partial charge in [-0.1, -0.05) is 6.92 Å². The molecule has 3 nitrogen and oxygen atoms in total. The molecule has 0 fully saturated rings. The molecule has 0 aliphatic carbocycles. The Morgan fingerprint density at radius 1 is 1.33 bits per heavy atom. The second-order valence-corrected chi connectivity index (χ2v) is 5.26. The Morgan fingerprint density at radius 2 is 2.17 bits per heavy atom. The summed E-state index contributed by atoms with van der Waals surface area (Å²) in [6.07, 6.45) is 3.23. The van der Waals surface area contributed by atoms with Gasteiger partial charge in [0.2, 0.25) is 0 Å². The number of fused-ring (bicyclic) bond motifs is 1. The Bertz CT molecular complexity index is 527. The first-order chi connectivity index (χ1) is 8.72. The molecule has 18 heavy (non-hydrogen) atoms. The first-order valence-corrected chi connectivity index (χ1v) is 7.54. The average molecular weight is 261 g/mol. The van der Waals surface area contributed by atoms with Crippen molar-refractivity contribution in [3.05, 3.63) is 30.3 Å². The Kier molecular flexibility index (Phi) is 4.31. The zero-order valence-corrected chi connectivity index (χ0v) is 11.6. The normalized spacial score (nSPS) is 12.6. The molecule has 0 aliphatic rings. The first-order valence-electron chi connectivity index (χ1n) is 6.14. The van der Waals surface area contributed by atoms with Gasteiger partial charge >= 0.3 is 0 Å². The molecule has 1 aromatic heterocycles. The number of hydrogen-bond acceptors (Lipinski definition) is 4. The van der Waals surface area contributed by atoms with Crippen LogP contribution in [-0.4, -0.2) is 23.0 Å². The lowest BCUT2D eigenvalue weighted by molar-refractivity contribution is 0.771. The van der Waals surface area contributed by atoms with Crippen molar-refractivity contribution in [3.63, 3.8) is 0 Å². The van der Waals surface area contributed by atoms with Gasteiger partial charge in [-0.25, -0.2) is 4.98 Å². The van der Waals surface area contributed by atoms with Gasteiger partial charge < -0.3 is 11.1 Å². The van der Waals surface area contributed by atoms with Crippen LogP contribution in [0.2, 0.25) is 0 Å². The van der Waals surface area contributed by atoms with Crippen LogP contribution in [0.1, 0.15) is 13.3 Å². The number of nitrogens with two attached hydrogens (primary N) is 1. The molecule has 0 spiro atoms. The number of pyridine rings is 1. The van der Waals surface area contributed by atoms with Crippen LogP contribution in [0.5, 0.6) is 0 Å².